The normalized spacial score (nSPS) is 21.3. The first-order valence-corrected chi connectivity index (χ1v) is 10.4. The van der Waals surface area contributed by atoms with Crippen LogP contribution in [0.1, 0.15) is 53.4 Å². The lowest BCUT2D eigenvalue weighted by atomic mass is 10.1. The number of nitrogens with zero attached hydrogens (tertiary/aromatic N) is 5. The Balaban J connectivity index is 1.28. The van der Waals surface area contributed by atoms with E-state index >= 15 is 0 Å². The highest BCUT2D eigenvalue weighted by atomic mass is 35.5. The Hall–Kier alpha value is -2.21. The van der Waals surface area contributed by atoms with Crippen molar-refractivity contribution in [1.82, 2.24) is 19.9 Å². The SMILES string of the molecule is Cc1nc2c(c(C)c1Cl)CN(C(=O)C1CCN(c3cncc(C4CC4)n3)C1)C2. The molecule has 1 aliphatic carbocycles. The van der Waals surface area contributed by atoms with E-state index in [0.717, 1.165) is 47.0 Å². The number of hydrogen-bond donors (Lipinski definition) is 0. The second-order valence-electron chi connectivity index (χ2n) is 8.26. The van der Waals surface area contributed by atoms with Crippen molar-refractivity contribution >= 4 is 23.3 Å². The van der Waals surface area contributed by atoms with E-state index in [-0.39, 0.29) is 11.8 Å². The summed E-state index contributed by atoms with van der Waals surface area (Å²) in [4.78, 5) is 31.1. The lowest BCUT2D eigenvalue weighted by molar-refractivity contribution is -0.135. The summed E-state index contributed by atoms with van der Waals surface area (Å²) in [7, 11) is 0. The molecule has 3 aliphatic rings. The first kappa shape index (κ1) is 17.9. The molecule has 7 heteroatoms. The first-order chi connectivity index (χ1) is 13.5. The molecule has 0 bridgehead atoms. The summed E-state index contributed by atoms with van der Waals surface area (Å²) in [6, 6.07) is 0. The molecule has 1 unspecified atom stereocenters. The van der Waals surface area contributed by atoms with Crippen molar-refractivity contribution in [2.45, 2.75) is 52.1 Å². The molecular formula is C21H24ClN5O. The molecule has 0 radical (unpaired) electrons. The molecule has 2 aromatic heterocycles. The molecule has 1 atom stereocenters. The van der Waals surface area contributed by atoms with Crippen LogP contribution in [0, 0.1) is 19.8 Å². The predicted molar refractivity (Wildman–Crippen MR) is 107 cm³/mol. The van der Waals surface area contributed by atoms with E-state index in [4.69, 9.17) is 16.6 Å². The summed E-state index contributed by atoms with van der Waals surface area (Å²) in [6.07, 6.45) is 6.98. The summed E-state index contributed by atoms with van der Waals surface area (Å²) in [5.74, 6) is 1.70. The summed E-state index contributed by atoms with van der Waals surface area (Å²) >= 11 is 6.36. The monoisotopic (exact) mass is 397 g/mol. The van der Waals surface area contributed by atoms with Gasteiger partial charge in [-0.2, -0.15) is 0 Å². The fraction of sp³-hybridized carbons (Fsp3) is 0.524. The summed E-state index contributed by atoms with van der Waals surface area (Å²) in [6.45, 7) is 6.70. The second-order valence-corrected chi connectivity index (χ2v) is 8.64. The van der Waals surface area contributed by atoms with Crippen LogP contribution in [0.15, 0.2) is 12.4 Å². The van der Waals surface area contributed by atoms with Gasteiger partial charge < -0.3 is 9.80 Å². The van der Waals surface area contributed by atoms with Crippen molar-refractivity contribution in [2.24, 2.45) is 5.92 Å². The van der Waals surface area contributed by atoms with Crippen LogP contribution in [0.2, 0.25) is 5.02 Å². The van der Waals surface area contributed by atoms with Crippen LogP contribution in [0.4, 0.5) is 5.82 Å². The number of rotatable bonds is 3. The number of halogens is 1. The maximum Gasteiger partial charge on any atom is 0.228 e. The number of pyridine rings is 1. The molecule has 2 aliphatic heterocycles. The molecule has 0 aromatic carbocycles. The average molecular weight is 398 g/mol. The van der Waals surface area contributed by atoms with Gasteiger partial charge in [0.2, 0.25) is 5.91 Å². The highest BCUT2D eigenvalue weighted by Gasteiger charge is 2.36. The third-order valence-electron chi connectivity index (χ3n) is 6.25. The van der Waals surface area contributed by atoms with E-state index < -0.39 is 0 Å². The van der Waals surface area contributed by atoms with Crippen LogP contribution in [0.25, 0.3) is 0 Å². The zero-order valence-electron chi connectivity index (χ0n) is 16.3. The fourth-order valence-electron chi connectivity index (χ4n) is 4.39. The number of fused-ring (bicyclic) bond motifs is 1. The van der Waals surface area contributed by atoms with E-state index in [2.05, 4.69) is 14.9 Å². The van der Waals surface area contributed by atoms with Crippen molar-refractivity contribution < 1.29 is 4.79 Å². The Bertz CT molecular complexity index is 958. The molecule has 0 spiro atoms. The van der Waals surface area contributed by atoms with Crippen molar-refractivity contribution in [3.05, 3.63) is 45.6 Å². The molecule has 5 rings (SSSR count). The van der Waals surface area contributed by atoms with E-state index in [1.807, 2.05) is 31.1 Å². The Morgan fingerprint density at radius 2 is 1.96 bits per heavy atom. The number of aromatic nitrogens is 3. The van der Waals surface area contributed by atoms with Gasteiger partial charge in [-0.15, -0.1) is 0 Å². The van der Waals surface area contributed by atoms with Crippen molar-refractivity contribution in [2.75, 3.05) is 18.0 Å². The van der Waals surface area contributed by atoms with Gasteiger partial charge >= 0.3 is 0 Å². The Morgan fingerprint density at radius 3 is 2.75 bits per heavy atom. The molecular weight excluding hydrogens is 374 g/mol. The maximum absolute atomic E-state index is 13.2. The molecule has 28 heavy (non-hydrogen) atoms. The molecule has 6 nitrogen and oxygen atoms in total. The van der Waals surface area contributed by atoms with E-state index in [9.17, 15) is 4.79 Å². The Morgan fingerprint density at radius 1 is 1.14 bits per heavy atom. The fourth-order valence-corrected chi connectivity index (χ4v) is 4.55. The number of carbonyl (C=O) groups is 1. The van der Waals surface area contributed by atoms with Gasteiger partial charge in [-0.05, 0) is 44.2 Å². The predicted octanol–water partition coefficient (Wildman–Crippen LogP) is 3.39. The minimum Gasteiger partial charge on any atom is -0.355 e. The highest BCUT2D eigenvalue weighted by molar-refractivity contribution is 6.32. The van der Waals surface area contributed by atoms with Gasteiger partial charge in [-0.25, -0.2) is 4.98 Å². The number of aryl methyl sites for hydroxylation is 1. The third-order valence-corrected chi connectivity index (χ3v) is 6.81. The van der Waals surface area contributed by atoms with Crippen LogP contribution < -0.4 is 4.90 Å². The molecule has 1 saturated carbocycles. The van der Waals surface area contributed by atoms with Gasteiger partial charge in [0.25, 0.3) is 0 Å². The summed E-state index contributed by atoms with van der Waals surface area (Å²) in [5.41, 5.74) is 5.09. The molecule has 1 amide bonds. The van der Waals surface area contributed by atoms with Crippen LogP contribution in [-0.4, -0.2) is 38.8 Å². The maximum atomic E-state index is 13.2. The van der Waals surface area contributed by atoms with E-state index in [0.29, 0.717) is 30.6 Å². The van der Waals surface area contributed by atoms with Gasteiger partial charge in [0.05, 0.1) is 40.8 Å². The number of amides is 1. The third kappa shape index (κ3) is 3.04. The minimum absolute atomic E-state index is 0.00225. The van der Waals surface area contributed by atoms with Crippen molar-refractivity contribution in [3.8, 4) is 0 Å². The summed E-state index contributed by atoms with van der Waals surface area (Å²) < 4.78 is 0. The molecule has 2 aromatic rings. The van der Waals surface area contributed by atoms with Gasteiger partial charge in [-0.3, -0.25) is 14.8 Å². The standard InChI is InChI=1S/C21H24ClN5O/c1-12-16-10-27(11-18(16)24-13(2)20(12)22)21(28)15-5-6-26(9-15)19-8-23-7-17(25-19)14-3-4-14/h7-8,14-15H,3-6,9-11H2,1-2H3. The second kappa shape index (κ2) is 6.69. The van der Waals surface area contributed by atoms with Gasteiger partial charge in [0.15, 0.2) is 0 Å². The Labute approximate surface area is 169 Å². The van der Waals surface area contributed by atoms with E-state index in [1.54, 1.807) is 0 Å². The Kier molecular flexibility index (Phi) is 4.27. The highest BCUT2D eigenvalue weighted by Crippen LogP contribution is 2.39. The topological polar surface area (TPSA) is 62.2 Å². The van der Waals surface area contributed by atoms with Crippen LogP contribution in [0.5, 0.6) is 0 Å². The zero-order chi connectivity index (χ0) is 19.4. The lowest BCUT2D eigenvalue weighted by Gasteiger charge is -2.21. The van der Waals surface area contributed by atoms with Gasteiger partial charge in [0.1, 0.15) is 5.82 Å². The lowest BCUT2D eigenvalue weighted by Crippen LogP contribution is -2.34. The van der Waals surface area contributed by atoms with Crippen LogP contribution in [0.3, 0.4) is 0 Å². The molecule has 1 saturated heterocycles. The quantitative estimate of drug-likeness (QED) is 0.794. The molecule has 2 fully saturated rings. The summed E-state index contributed by atoms with van der Waals surface area (Å²) in [5, 5.41) is 0.717. The average Bonchev–Trinajstić information content (AvgIpc) is 3.28. The molecule has 146 valence electrons. The minimum atomic E-state index is -0.00225. The smallest absolute Gasteiger partial charge is 0.228 e. The van der Waals surface area contributed by atoms with Gasteiger partial charge in [0, 0.05) is 31.7 Å². The van der Waals surface area contributed by atoms with Gasteiger partial charge in [-0.1, -0.05) is 11.6 Å². The number of anilines is 1. The number of carbonyl (C=O) groups excluding carboxylic acids is 1. The number of hydrogen-bond acceptors (Lipinski definition) is 5. The van der Waals surface area contributed by atoms with E-state index in [1.165, 1.54) is 12.8 Å². The first-order valence-electron chi connectivity index (χ1n) is 10.0. The molecule has 0 N–H and O–H groups in total. The largest absolute Gasteiger partial charge is 0.355 e. The zero-order valence-corrected chi connectivity index (χ0v) is 17.0. The molecule has 4 heterocycles. The van der Waals surface area contributed by atoms with Crippen LogP contribution in [-0.2, 0) is 17.9 Å². The van der Waals surface area contributed by atoms with Crippen molar-refractivity contribution in [1.29, 1.82) is 0 Å². The van der Waals surface area contributed by atoms with Crippen LogP contribution >= 0.6 is 11.6 Å². The van der Waals surface area contributed by atoms with Crippen molar-refractivity contribution in [3.63, 3.8) is 0 Å².